The van der Waals surface area contributed by atoms with Crippen LogP contribution in [0.2, 0.25) is 0 Å². The van der Waals surface area contributed by atoms with Crippen LogP contribution in [0.25, 0.3) is 0 Å². The normalized spacial score (nSPS) is 10.8. The van der Waals surface area contributed by atoms with Crippen LogP contribution in [-0.2, 0) is 11.3 Å². The van der Waals surface area contributed by atoms with Gasteiger partial charge in [-0.05, 0) is 31.5 Å². The lowest BCUT2D eigenvalue weighted by molar-refractivity contribution is 0.145. The molecule has 0 heterocycles. The molecule has 0 aliphatic heterocycles. The SMILES string of the molecule is CCOCCCNC(=NC)NCc1cc(OC)ccc1O.I. The van der Waals surface area contributed by atoms with Crippen LogP contribution in [0.5, 0.6) is 11.5 Å². The molecule has 0 unspecified atom stereocenters. The van der Waals surface area contributed by atoms with E-state index in [1.807, 2.05) is 6.92 Å². The van der Waals surface area contributed by atoms with Crippen LogP contribution in [0.15, 0.2) is 23.2 Å². The summed E-state index contributed by atoms with van der Waals surface area (Å²) in [6.45, 7) is 4.70. The lowest BCUT2D eigenvalue weighted by Gasteiger charge is -2.13. The fourth-order valence-electron chi connectivity index (χ4n) is 1.76. The second kappa shape index (κ2) is 12.3. The monoisotopic (exact) mass is 423 g/mol. The Balaban J connectivity index is 0.00000441. The Hall–Kier alpha value is -1.22. The predicted molar refractivity (Wildman–Crippen MR) is 99.4 cm³/mol. The summed E-state index contributed by atoms with van der Waals surface area (Å²) in [7, 11) is 3.31. The number of guanidine groups is 1. The highest BCUT2D eigenvalue weighted by Gasteiger charge is 2.04. The molecule has 0 aliphatic carbocycles. The van der Waals surface area contributed by atoms with E-state index in [-0.39, 0.29) is 29.7 Å². The number of phenols is 1. The summed E-state index contributed by atoms with van der Waals surface area (Å²) in [5.74, 6) is 1.63. The van der Waals surface area contributed by atoms with Crippen molar-refractivity contribution in [1.29, 1.82) is 0 Å². The van der Waals surface area contributed by atoms with Gasteiger partial charge in [0, 0.05) is 38.9 Å². The van der Waals surface area contributed by atoms with Gasteiger partial charge < -0.3 is 25.2 Å². The molecule has 7 heteroatoms. The Morgan fingerprint density at radius 2 is 2.09 bits per heavy atom. The molecule has 126 valence electrons. The van der Waals surface area contributed by atoms with Crippen LogP contribution in [0.4, 0.5) is 0 Å². The fourth-order valence-corrected chi connectivity index (χ4v) is 1.76. The fraction of sp³-hybridized carbons (Fsp3) is 0.533. The highest BCUT2D eigenvalue weighted by molar-refractivity contribution is 14.0. The first-order valence-corrected chi connectivity index (χ1v) is 7.09. The van der Waals surface area contributed by atoms with Crippen molar-refractivity contribution in [1.82, 2.24) is 10.6 Å². The van der Waals surface area contributed by atoms with Crippen molar-refractivity contribution in [2.45, 2.75) is 19.9 Å². The second-order valence-electron chi connectivity index (χ2n) is 4.40. The molecule has 0 spiro atoms. The predicted octanol–water partition coefficient (Wildman–Crippen LogP) is 2.11. The van der Waals surface area contributed by atoms with Crippen molar-refractivity contribution in [3.63, 3.8) is 0 Å². The number of phenolic OH excluding ortho intramolecular Hbond substituents is 1. The van der Waals surface area contributed by atoms with Gasteiger partial charge in [-0.15, -0.1) is 24.0 Å². The van der Waals surface area contributed by atoms with Gasteiger partial charge in [0.25, 0.3) is 0 Å². The molecule has 0 amide bonds. The number of ether oxygens (including phenoxy) is 2. The smallest absolute Gasteiger partial charge is 0.191 e. The van der Waals surface area contributed by atoms with Gasteiger partial charge in [0.1, 0.15) is 11.5 Å². The van der Waals surface area contributed by atoms with E-state index in [9.17, 15) is 5.11 Å². The molecule has 1 aromatic rings. The van der Waals surface area contributed by atoms with Crippen LogP contribution in [0.1, 0.15) is 18.9 Å². The number of nitrogens with zero attached hydrogens (tertiary/aromatic N) is 1. The minimum absolute atomic E-state index is 0. The van der Waals surface area contributed by atoms with Crippen molar-refractivity contribution in [3.8, 4) is 11.5 Å². The van der Waals surface area contributed by atoms with Crippen molar-refractivity contribution in [3.05, 3.63) is 23.8 Å². The molecule has 0 atom stereocenters. The number of nitrogens with one attached hydrogen (secondary N) is 2. The summed E-state index contributed by atoms with van der Waals surface area (Å²) in [4.78, 5) is 4.13. The van der Waals surface area contributed by atoms with Crippen LogP contribution >= 0.6 is 24.0 Å². The lowest BCUT2D eigenvalue weighted by atomic mass is 10.2. The summed E-state index contributed by atoms with van der Waals surface area (Å²) in [6.07, 6.45) is 0.916. The van der Waals surface area contributed by atoms with Crippen LogP contribution in [0.3, 0.4) is 0 Å². The summed E-state index contributed by atoms with van der Waals surface area (Å²) in [6, 6.07) is 5.14. The zero-order chi connectivity index (χ0) is 15.5. The Labute approximate surface area is 149 Å². The molecule has 6 nitrogen and oxygen atoms in total. The molecular formula is C15H26IN3O3. The van der Waals surface area contributed by atoms with E-state index < -0.39 is 0 Å². The van der Waals surface area contributed by atoms with E-state index in [0.29, 0.717) is 18.3 Å². The third-order valence-corrected chi connectivity index (χ3v) is 2.92. The largest absolute Gasteiger partial charge is 0.508 e. The van der Waals surface area contributed by atoms with Gasteiger partial charge in [0.05, 0.1) is 7.11 Å². The first-order chi connectivity index (χ1) is 10.2. The van der Waals surface area contributed by atoms with Crippen LogP contribution in [-0.4, -0.2) is 45.0 Å². The lowest BCUT2D eigenvalue weighted by Crippen LogP contribution is -2.37. The number of rotatable bonds is 8. The Morgan fingerprint density at radius 3 is 2.73 bits per heavy atom. The number of aliphatic imine (C=N–C) groups is 1. The third kappa shape index (κ3) is 7.69. The molecule has 0 fully saturated rings. The maximum atomic E-state index is 9.82. The van der Waals surface area contributed by atoms with Gasteiger partial charge in [-0.2, -0.15) is 0 Å². The summed E-state index contributed by atoms with van der Waals surface area (Å²) in [5, 5.41) is 16.2. The zero-order valence-corrected chi connectivity index (χ0v) is 15.7. The number of halogens is 1. The van der Waals surface area contributed by atoms with Crippen molar-refractivity contribution >= 4 is 29.9 Å². The van der Waals surface area contributed by atoms with E-state index in [0.717, 1.165) is 31.7 Å². The molecule has 0 saturated heterocycles. The van der Waals surface area contributed by atoms with Gasteiger partial charge in [-0.3, -0.25) is 4.99 Å². The van der Waals surface area contributed by atoms with Gasteiger partial charge >= 0.3 is 0 Å². The van der Waals surface area contributed by atoms with Crippen LogP contribution in [0, 0.1) is 0 Å². The summed E-state index contributed by atoms with van der Waals surface area (Å²) < 4.78 is 10.4. The Kier molecular flexibility index (Phi) is 11.7. The van der Waals surface area contributed by atoms with Crippen molar-refractivity contribution in [2.24, 2.45) is 4.99 Å². The number of aromatic hydroxyl groups is 1. The number of hydrogen-bond acceptors (Lipinski definition) is 4. The average Bonchev–Trinajstić information content (AvgIpc) is 2.51. The highest BCUT2D eigenvalue weighted by Crippen LogP contribution is 2.22. The molecule has 1 rings (SSSR count). The minimum atomic E-state index is 0. The van der Waals surface area contributed by atoms with E-state index in [2.05, 4.69) is 15.6 Å². The standard InChI is InChI=1S/C15H25N3O3.HI/c1-4-21-9-5-8-17-15(16-2)18-11-12-10-13(20-3)6-7-14(12)19;/h6-7,10,19H,4-5,8-9,11H2,1-3H3,(H2,16,17,18);1H. The molecule has 0 bridgehead atoms. The minimum Gasteiger partial charge on any atom is -0.508 e. The molecule has 1 aromatic carbocycles. The second-order valence-corrected chi connectivity index (χ2v) is 4.40. The first kappa shape index (κ1) is 20.8. The molecular weight excluding hydrogens is 397 g/mol. The topological polar surface area (TPSA) is 75.1 Å². The van der Waals surface area contributed by atoms with Gasteiger partial charge in [-0.1, -0.05) is 0 Å². The van der Waals surface area contributed by atoms with E-state index >= 15 is 0 Å². The van der Waals surface area contributed by atoms with E-state index in [1.54, 1.807) is 32.4 Å². The summed E-state index contributed by atoms with van der Waals surface area (Å²) >= 11 is 0. The Bertz CT molecular complexity index is 456. The zero-order valence-electron chi connectivity index (χ0n) is 13.4. The molecule has 0 radical (unpaired) electrons. The highest BCUT2D eigenvalue weighted by atomic mass is 127. The third-order valence-electron chi connectivity index (χ3n) is 2.92. The van der Waals surface area contributed by atoms with E-state index in [4.69, 9.17) is 9.47 Å². The van der Waals surface area contributed by atoms with E-state index in [1.165, 1.54) is 0 Å². The van der Waals surface area contributed by atoms with Gasteiger partial charge in [0.2, 0.25) is 0 Å². The first-order valence-electron chi connectivity index (χ1n) is 7.09. The van der Waals surface area contributed by atoms with Gasteiger partial charge in [-0.25, -0.2) is 0 Å². The maximum Gasteiger partial charge on any atom is 0.191 e. The van der Waals surface area contributed by atoms with Gasteiger partial charge in [0.15, 0.2) is 5.96 Å². The molecule has 0 aliphatic rings. The average molecular weight is 423 g/mol. The number of benzene rings is 1. The number of hydrogen-bond donors (Lipinski definition) is 3. The van der Waals surface area contributed by atoms with Crippen LogP contribution < -0.4 is 15.4 Å². The maximum absolute atomic E-state index is 9.82. The van der Waals surface area contributed by atoms with Crippen molar-refractivity contribution in [2.75, 3.05) is 33.9 Å². The Morgan fingerprint density at radius 1 is 1.32 bits per heavy atom. The molecule has 3 N–H and O–H groups in total. The number of methoxy groups -OCH3 is 1. The summed E-state index contributed by atoms with van der Waals surface area (Å²) in [5.41, 5.74) is 0.756. The van der Waals surface area contributed by atoms with Crippen molar-refractivity contribution < 1.29 is 14.6 Å². The quantitative estimate of drug-likeness (QED) is 0.259. The molecule has 0 aromatic heterocycles. The molecule has 22 heavy (non-hydrogen) atoms. The molecule has 0 saturated carbocycles.